The summed E-state index contributed by atoms with van der Waals surface area (Å²) in [6, 6.07) is 8.26. The first-order valence-electron chi connectivity index (χ1n) is 10.9. The van der Waals surface area contributed by atoms with Crippen LogP contribution in [0.1, 0.15) is 5.56 Å². The van der Waals surface area contributed by atoms with E-state index >= 15 is 0 Å². The van der Waals surface area contributed by atoms with Crippen molar-refractivity contribution in [2.24, 2.45) is 0 Å². The fraction of sp³-hybridized carbons (Fsp3) is 0.292. The van der Waals surface area contributed by atoms with E-state index in [1.807, 2.05) is 12.1 Å². The van der Waals surface area contributed by atoms with Gasteiger partial charge in [0.25, 0.3) is 0 Å². The monoisotopic (exact) mass is 449 g/mol. The number of pyridine rings is 2. The number of piperazine rings is 1. The number of halogens is 2. The molecule has 2 N–H and O–H groups in total. The van der Waals surface area contributed by atoms with Crippen LogP contribution < -0.4 is 10.2 Å². The molecular weight excluding hydrogens is 424 g/mol. The lowest BCUT2D eigenvalue weighted by Crippen LogP contribution is -2.44. The number of aromatic amines is 1. The van der Waals surface area contributed by atoms with Crippen LogP contribution in [0.4, 0.5) is 14.6 Å². The number of nitrogens with one attached hydrogen (secondary N) is 2. The van der Waals surface area contributed by atoms with Gasteiger partial charge < -0.3 is 15.1 Å². The Balaban J connectivity index is 1.53. The van der Waals surface area contributed by atoms with Gasteiger partial charge in [0.05, 0.1) is 23.0 Å². The SMILES string of the molecule is CNCc1cc(F)c(-c2cc3c(-c4ccnc(N5CCN(C)CC5)c4)n[nH]c3cn2)c(F)c1. The second-order valence-electron chi connectivity index (χ2n) is 8.35. The summed E-state index contributed by atoms with van der Waals surface area (Å²) >= 11 is 0. The second-order valence-corrected chi connectivity index (χ2v) is 8.35. The first kappa shape index (κ1) is 21.4. The van der Waals surface area contributed by atoms with E-state index in [0.717, 1.165) is 42.9 Å². The van der Waals surface area contributed by atoms with Crippen LogP contribution in [0.25, 0.3) is 33.4 Å². The minimum Gasteiger partial charge on any atom is -0.354 e. The molecule has 4 heterocycles. The van der Waals surface area contributed by atoms with E-state index in [1.165, 1.54) is 12.1 Å². The highest BCUT2D eigenvalue weighted by Gasteiger charge is 2.19. The number of likely N-dealkylation sites (N-methyl/N-ethyl adjacent to an activating group) is 1. The van der Waals surface area contributed by atoms with Gasteiger partial charge in [0.2, 0.25) is 0 Å². The minimum absolute atomic E-state index is 0.142. The Labute approximate surface area is 190 Å². The molecule has 33 heavy (non-hydrogen) atoms. The number of anilines is 1. The van der Waals surface area contributed by atoms with Crippen molar-refractivity contribution < 1.29 is 8.78 Å². The quantitative estimate of drug-likeness (QED) is 0.486. The molecule has 0 radical (unpaired) electrons. The van der Waals surface area contributed by atoms with Crippen molar-refractivity contribution in [3.8, 4) is 22.5 Å². The first-order chi connectivity index (χ1) is 16.0. The summed E-state index contributed by atoms with van der Waals surface area (Å²) in [7, 11) is 3.84. The van der Waals surface area contributed by atoms with Crippen LogP contribution in [0.5, 0.6) is 0 Å². The molecule has 0 unspecified atom stereocenters. The Morgan fingerprint density at radius 2 is 1.79 bits per heavy atom. The first-order valence-corrected chi connectivity index (χ1v) is 10.9. The molecule has 170 valence electrons. The molecule has 1 aromatic carbocycles. The van der Waals surface area contributed by atoms with Crippen molar-refractivity contribution in [1.29, 1.82) is 0 Å². The molecule has 0 bridgehead atoms. The third-order valence-corrected chi connectivity index (χ3v) is 6.03. The van der Waals surface area contributed by atoms with Crippen LogP contribution in [0, 0.1) is 11.6 Å². The Kier molecular flexibility index (Phi) is 5.74. The molecule has 0 aliphatic carbocycles. The fourth-order valence-corrected chi connectivity index (χ4v) is 4.22. The Morgan fingerprint density at radius 3 is 2.52 bits per heavy atom. The number of benzene rings is 1. The molecule has 0 atom stereocenters. The Bertz CT molecular complexity index is 1270. The summed E-state index contributed by atoms with van der Waals surface area (Å²) in [5, 5.41) is 11.1. The second kappa shape index (κ2) is 8.84. The summed E-state index contributed by atoms with van der Waals surface area (Å²) in [5.41, 5.74) is 2.89. The van der Waals surface area contributed by atoms with E-state index in [2.05, 4.69) is 42.3 Å². The van der Waals surface area contributed by atoms with Gasteiger partial charge in [-0.3, -0.25) is 10.1 Å². The summed E-state index contributed by atoms with van der Waals surface area (Å²) in [4.78, 5) is 13.4. The third kappa shape index (κ3) is 4.17. The molecule has 4 aromatic rings. The normalized spacial score (nSPS) is 14.8. The largest absolute Gasteiger partial charge is 0.354 e. The van der Waals surface area contributed by atoms with E-state index in [9.17, 15) is 8.78 Å². The van der Waals surface area contributed by atoms with E-state index in [-0.39, 0.29) is 11.3 Å². The predicted octanol–water partition coefficient (Wildman–Crippen LogP) is 3.44. The molecule has 1 fully saturated rings. The molecule has 0 saturated carbocycles. The summed E-state index contributed by atoms with van der Waals surface area (Å²) in [6.07, 6.45) is 3.33. The van der Waals surface area contributed by atoms with Crippen LogP contribution in [-0.2, 0) is 6.54 Å². The number of fused-ring (bicyclic) bond motifs is 1. The number of nitrogens with zero attached hydrogens (tertiary/aromatic N) is 5. The van der Waals surface area contributed by atoms with E-state index in [0.29, 0.717) is 23.3 Å². The van der Waals surface area contributed by atoms with E-state index in [4.69, 9.17) is 0 Å². The van der Waals surface area contributed by atoms with Crippen molar-refractivity contribution in [2.45, 2.75) is 6.54 Å². The van der Waals surface area contributed by atoms with Gasteiger partial charge in [0, 0.05) is 49.9 Å². The lowest BCUT2D eigenvalue weighted by molar-refractivity contribution is 0.312. The van der Waals surface area contributed by atoms with Gasteiger partial charge in [-0.05, 0) is 50.0 Å². The summed E-state index contributed by atoms with van der Waals surface area (Å²) in [5.74, 6) is -0.389. The van der Waals surface area contributed by atoms with Crippen LogP contribution in [0.3, 0.4) is 0 Å². The summed E-state index contributed by atoms with van der Waals surface area (Å²) in [6.45, 7) is 4.16. The van der Waals surface area contributed by atoms with Gasteiger partial charge in [0.15, 0.2) is 0 Å². The molecule has 3 aromatic heterocycles. The highest BCUT2D eigenvalue weighted by Crippen LogP contribution is 2.32. The van der Waals surface area contributed by atoms with Crippen LogP contribution in [0.2, 0.25) is 0 Å². The Morgan fingerprint density at radius 1 is 1.03 bits per heavy atom. The minimum atomic E-state index is -0.640. The molecule has 9 heteroatoms. The lowest BCUT2D eigenvalue weighted by atomic mass is 10.0. The van der Waals surface area contributed by atoms with Crippen LogP contribution in [0.15, 0.2) is 42.7 Å². The lowest BCUT2D eigenvalue weighted by Gasteiger charge is -2.33. The molecule has 1 aliphatic heterocycles. The van der Waals surface area contributed by atoms with Crippen LogP contribution in [-0.4, -0.2) is 65.3 Å². The maximum atomic E-state index is 14.8. The van der Waals surface area contributed by atoms with Crippen molar-refractivity contribution >= 4 is 16.7 Å². The highest BCUT2D eigenvalue weighted by atomic mass is 19.1. The molecule has 1 aliphatic rings. The maximum Gasteiger partial charge on any atom is 0.135 e. The predicted molar refractivity (Wildman–Crippen MR) is 125 cm³/mol. The maximum absolute atomic E-state index is 14.8. The number of aromatic nitrogens is 4. The van der Waals surface area contributed by atoms with Gasteiger partial charge in [-0.15, -0.1) is 0 Å². The highest BCUT2D eigenvalue weighted by molar-refractivity contribution is 5.94. The van der Waals surface area contributed by atoms with Crippen LogP contribution >= 0.6 is 0 Å². The zero-order chi connectivity index (χ0) is 22.9. The number of hydrogen-bond donors (Lipinski definition) is 2. The number of hydrogen-bond acceptors (Lipinski definition) is 6. The van der Waals surface area contributed by atoms with Crippen molar-refractivity contribution in [3.63, 3.8) is 0 Å². The zero-order valence-corrected chi connectivity index (χ0v) is 18.6. The number of rotatable bonds is 5. The molecule has 7 nitrogen and oxygen atoms in total. The fourth-order valence-electron chi connectivity index (χ4n) is 4.22. The molecule has 0 spiro atoms. The van der Waals surface area contributed by atoms with E-state index < -0.39 is 11.6 Å². The Hall–Kier alpha value is -3.43. The smallest absolute Gasteiger partial charge is 0.135 e. The average molecular weight is 450 g/mol. The zero-order valence-electron chi connectivity index (χ0n) is 18.6. The van der Waals surface area contributed by atoms with Crippen molar-refractivity contribution in [1.82, 2.24) is 30.4 Å². The standard InChI is InChI=1S/C24H25F2N7/c1-27-13-15-9-18(25)23(19(26)10-15)20-12-17-21(14-29-20)30-31-24(17)16-3-4-28-22(11-16)33-7-5-32(2)6-8-33/h3-4,9-12,14,27H,5-8,13H2,1-2H3,(H,30,31). The van der Waals surface area contributed by atoms with Crippen molar-refractivity contribution in [3.05, 3.63) is 59.9 Å². The van der Waals surface area contributed by atoms with Gasteiger partial charge in [-0.2, -0.15) is 5.10 Å². The van der Waals surface area contributed by atoms with E-state index in [1.54, 1.807) is 25.5 Å². The van der Waals surface area contributed by atoms with Gasteiger partial charge in [-0.1, -0.05) is 0 Å². The number of H-pyrrole nitrogens is 1. The van der Waals surface area contributed by atoms with Gasteiger partial charge in [-0.25, -0.2) is 13.8 Å². The van der Waals surface area contributed by atoms with Gasteiger partial charge >= 0.3 is 0 Å². The molecule has 5 rings (SSSR count). The molecule has 1 saturated heterocycles. The van der Waals surface area contributed by atoms with Crippen molar-refractivity contribution in [2.75, 3.05) is 45.2 Å². The molecular formula is C24H25F2N7. The summed E-state index contributed by atoms with van der Waals surface area (Å²) < 4.78 is 29.6. The topological polar surface area (TPSA) is 73.0 Å². The molecule has 0 amide bonds. The third-order valence-electron chi connectivity index (χ3n) is 6.03. The average Bonchev–Trinajstić information content (AvgIpc) is 3.23. The van der Waals surface area contributed by atoms with Gasteiger partial charge in [0.1, 0.15) is 23.1 Å².